The molecule has 3 fully saturated rings. The van der Waals surface area contributed by atoms with Crippen LogP contribution in [0, 0.1) is 5.41 Å². The summed E-state index contributed by atoms with van der Waals surface area (Å²) in [4.78, 5) is 25.3. The molecule has 3 rings (SSSR count). The molecule has 2 saturated heterocycles. The average molecular weight is 266 g/mol. The molecular weight excluding hydrogens is 244 g/mol. The molecule has 2 unspecified atom stereocenters. The minimum Gasteiger partial charge on any atom is -0.355 e. The number of nitrogens with zero attached hydrogens (tertiary/aromatic N) is 1. The molecule has 2 atom stereocenters. The van der Waals surface area contributed by atoms with Crippen molar-refractivity contribution in [1.29, 1.82) is 0 Å². The molecule has 2 heterocycles. The molecule has 1 saturated carbocycles. The lowest BCUT2D eigenvalue weighted by molar-refractivity contribution is -0.119. The van der Waals surface area contributed by atoms with E-state index in [-0.39, 0.29) is 17.4 Å². The number of rotatable bonds is 2. The van der Waals surface area contributed by atoms with Crippen molar-refractivity contribution in [1.82, 2.24) is 20.9 Å². The summed E-state index contributed by atoms with van der Waals surface area (Å²) in [5.41, 5.74) is -0.0750. The molecular formula is C13H22N4O2. The fourth-order valence-electron chi connectivity index (χ4n) is 3.40. The molecule has 6 nitrogen and oxygen atoms in total. The first-order valence-electron chi connectivity index (χ1n) is 7.10. The molecule has 1 spiro atoms. The third-order valence-electron chi connectivity index (χ3n) is 4.39. The molecule has 0 radical (unpaired) electrons. The summed E-state index contributed by atoms with van der Waals surface area (Å²) in [5.74, 6) is 0.115. The van der Waals surface area contributed by atoms with Gasteiger partial charge in [-0.25, -0.2) is 4.79 Å². The van der Waals surface area contributed by atoms with Crippen LogP contribution in [0.3, 0.4) is 0 Å². The summed E-state index contributed by atoms with van der Waals surface area (Å²) < 4.78 is 0. The molecule has 106 valence electrons. The SMILES string of the molecule is CNC(=O)N1CC(NC2CC2)CC2(CNC(=O)C2)C1. The Morgan fingerprint density at radius 1 is 1.42 bits per heavy atom. The maximum atomic E-state index is 11.9. The van der Waals surface area contributed by atoms with E-state index in [2.05, 4.69) is 16.0 Å². The Morgan fingerprint density at radius 2 is 2.21 bits per heavy atom. The van der Waals surface area contributed by atoms with Gasteiger partial charge in [0.2, 0.25) is 5.91 Å². The van der Waals surface area contributed by atoms with Crippen molar-refractivity contribution in [2.45, 2.75) is 37.8 Å². The van der Waals surface area contributed by atoms with Crippen LogP contribution in [-0.4, -0.2) is 55.6 Å². The van der Waals surface area contributed by atoms with Crippen LogP contribution in [0.15, 0.2) is 0 Å². The first-order valence-corrected chi connectivity index (χ1v) is 7.10. The largest absolute Gasteiger partial charge is 0.355 e. The van der Waals surface area contributed by atoms with Gasteiger partial charge in [-0.05, 0) is 19.3 Å². The van der Waals surface area contributed by atoms with Crippen LogP contribution in [0.1, 0.15) is 25.7 Å². The van der Waals surface area contributed by atoms with E-state index < -0.39 is 0 Å². The van der Waals surface area contributed by atoms with Crippen LogP contribution in [0.25, 0.3) is 0 Å². The van der Waals surface area contributed by atoms with E-state index in [9.17, 15) is 9.59 Å². The zero-order valence-electron chi connectivity index (χ0n) is 11.4. The van der Waals surface area contributed by atoms with E-state index in [1.165, 1.54) is 12.8 Å². The Kier molecular flexibility index (Phi) is 3.12. The Morgan fingerprint density at radius 3 is 2.79 bits per heavy atom. The van der Waals surface area contributed by atoms with Crippen molar-refractivity contribution in [2.24, 2.45) is 5.41 Å². The lowest BCUT2D eigenvalue weighted by Gasteiger charge is -2.43. The summed E-state index contributed by atoms with van der Waals surface area (Å²) >= 11 is 0. The quantitative estimate of drug-likeness (QED) is 0.640. The third kappa shape index (κ3) is 2.68. The number of carbonyl (C=O) groups is 2. The van der Waals surface area contributed by atoms with E-state index in [0.717, 1.165) is 13.0 Å². The molecule has 1 aliphatic carbocycles. The number of piperidine rings is 1. The van der Waals surface area contributed by atoms with Gasteiger partial charge >= 0.3 is 6.03 Å². The molecule has 3 aliphatic rings. The van der Waals surface area contributed by atoms with Crippen LogP contribution < -0.4 is 16.0 Å². The average Bonchev–Trinajstić information content (AvgIpc) is 3.12. The summed E-state index contributed by atoms with van der Waals surface area (Å²) in [6.45, 7) is 2.11. The van der Waals surface area contributed by atoms with Crippen molar-refractivity contribution in [3.8, 4) is 0 Å². The van der Waals surface area contributed by atoms with Gasteiger partial charge in [0.25, 0.3) is 0 Å². The van der Waals surface area contributed by atoms with E-state index in [1.807, 2.05) is 4.90 Å². The number of hydrogen-bond acceptors (Lipinski definition) is 3. The highest BCUT2D eigenvalue weighted by Crippen LogP contribution is 2.37. The van der Waals surface area contributed by atoms with Crippen molar-refractivity contribution in [2.75, 3.05) is 26.7 Å². The lowest BCUT2D eigenvalue weighted by atomic mass is 9.77. The highest BCUT2D eigenvalue weighted by Gasteiger charge is 2.46. The molecule has 0 aromatic carbocycles. The van der Waals surface area contributed by atoms with Gasteiger partial charge in [0.1, 0.15) is 0 Å². The zero-order chi connectivity index (χ0) is 13.5. The smallest absolute Gasteiger partial charge is 0.317 e. The van der Waals surface area contributed by atoms with Gasteiger partial charge < -0.3 is 20.9 Å². The first kappa shape index (κ1) is 12.7. The molecule has 19 heavy (non-hydrogen) atoms. The fraction of sp³-hybridized carbons (Fsp3) is 0.846. The topological polar surface area (TPSA) is 73.5 Å². The van der Waals surface area contributed by atoms with Crippen LogP contribution in [0.2, 0.25) is 0 Å². The summed E-state index contributed by atoms with van der Waals surface area (Å²) in [6, 6.07) is 0.893. The maximum absolute atomic E-state index is 11.9. The standard InChI is InChI=1S/C13H22N4O2/c1-14-12(19)17-6-10(16-9-2-3-9)4-13(8-17)5-11(18)15-7-13/h9-10,16H,2-8H2,1H3,(H,14,19)(H,15,18). The van der Waals surface area contributed by atoms with E-state index >= 15 is 0 Å². The summed E-state index contributed by atoms with van der Waals surface area (Å²) in [5, 5.41) is 9.22. The van der Waals surface area contributed by atoms with Crippen molar-refractivity contribution < 1.29 is 9.59 Å². The lowest BCUT2D eigenvalue weighted by Crippen LogP contribution is -2.58. The highest BCUT2D eigenvalue weighted by molar-refractivity contribution is 5.80. The van der Waals surface area contributed by atoms with Gasteiger partial charge in [0, 0.05) is 50.6 Å². The van der Waals surface area contributed by atoms with Gasteiger partial charge in [0.05, 0.1) is 0 Å². The second-order valence-corrected chi connectivity index (χ2v) is 6.23. The van der Waals surface area contributed by atoms with Crippen molar-refractivity contribution in [3.63, 3.8) is 0 Å². The molecule has 2 aliphatic heterocycles. The van der Waals surface area contributed by atoms with Gasteiger partial charge in [-0.2, -0.15) is 0 Å². The predicted molar refractivity (Wildman–Crippen MR) is 70.7 cm³/mol. The molecule has 0 aromatic heterocycles. The number of nitrogens with one attached hydrogen (secondary N) is 3. The molecule has 3 amide bonds. The van der Waals surface area contributed by atoms with Crippen LogP contribution in [0.4, 0.5) is 4.79 Å². The maximum Gasteiger partial charge on any atom is 0.317 e. The number of amides is 3. The van der Waals surface area contributed by atoms with Gasteiger partial charge in [-0.3, -0.25) is 4.79 Å². The zero-order valence-corrected chi connectivity index (χ0v) is 11.4. The predicted octanol–water partition coefficient (Wildman–Crippen LogP) is -0.342. The summed E-state index contributed by atoms with van der Waals surface area (Å²) in [7, 11) is 1.66. The molecule has 0 aromatic rings. The Hall–Kier alpha value is -1.30. The highest BCUT2D eigenvalue weighted by atomic mass is 16.2. The minimum absolute atomic E-state index is 0.0407. The fourth-order valence-corrected chi connectivity index (χ4v) is 3.40. The molecule has 3 N–H and O–H groups in total. The Balaban J connectivity index is 1.72. The number of carbonyl (C=O) groups excluding carboxylic acids is 2. The number of hydrogen-bond donors (Lipinski definition) is 3. The first-order chi connectivity index (χ1) is 9.10. The monoisotopic (exact) mass is 266 g/mol. The van der Waals surface area contributed by atoms with Crippen molar-refractivity contribution >= 4 is 11.9 Å². The normalized spacial score (nSPS) is 34.5. The van der Waals surface area contributed by atoms with E-state index in [1.54, 1.807) is 7.05 Å². The van der Waals surface area contributed by atoms with Crippen LogP contribution >= 0.6 is 0 Å². The van der Waals surface area contributed by atoms with Crippen molar-refractivity contribution in [3.05, 3.63) is 0 Å². The second kappa shape index (κ2) is 4.67. The second-order valence-electron chi connectivity index (χ2n) is 6.23. The van der Waals surface area contributed by atoms with Gasteiger partial charge in [-0.15, -0.1) is 0 Å². The minimum atomic E-state index is -0.0750. The van der Waals surface area contributed by atoms with E-state index in [4.69, 9.17) is 0 Å². The van der Waals surface area contributed by atoms with E-state index in [0.29, 0.717) is 31.6 Å². The number of likely N-dealkylation sites (tertiary alicyclic amines) is 1. The van der Waals surface area contributed by atoms with Gasteiger partial charge in [-0.1, -0.05) is 0 Å². The van der Waals surface area contributed by atoms with Crippen LogP contribution in [-0.2, 0) is 4.79 Å². The van der Waals surface area contributed by atoms with Gasteiger partial charge in [0.15, 0.2) is 0 Å². The third-order valence-corrected chi connectivity index (χ3v) is 4.39. The molecule has 0 bridgehead atoms. The Bertz CT molecular complexity index is 396. The molecule has 6 heteroatoms. The summed E-state index contributed by atoms with van der Waals surface area (Å²) in [6.07, 6.45) is 4.00. The number of urea groups is 1. The van der Waals surface area contributed by atoms with Crippen LogP contribution in [0.5, 0.6) is 0 Å². The Labute approximate surface area is 113 Å².